The smallest absolute Gasteiger partial charge is 0.163 e. The molecule has 1 unspecified atom stereocenters. The molecule has 0 aliphatic carbocycles. The van der Waals surface area contributed by atoms with E-state index in [2.05, 4.69) is 0 Å². The van der Waals surface area contributed by atoms with Crippen LogP contribution in [0, 0.1) is 0 Å². The summed E-state index contributed by atoms with van der Waals surface area (Å²) in [5.41, 5.74) is -0.289. The molecule has 0 saturated heterocycles. The zero-order valence-corrected chi connectivity index (χ0v) is 9.21. The van der Waals surface area contributed by atoms with Gasteiger partial charge in [0, 0.05) is 12.3 Å². The van der Waals surface area contributed by atoms with Gasteiger partial charge in [0.1, 0.15) is 5.60 Å². The van der Waals surface area contributed by atoms with E-state index in [-0.39, 0.29) is 11.5 Å². The van der Waals surface area contributed by atoms with Gasteiger partial charge in [-0.2, -0.15) is 0 Å². The van der Waals surface area contributed by atoms with Crippen molar-refractivity contribution in [1.82, 2.24) is 0 Å². The lowest BCUT2D eigenvalue weighted by atomic mass is 10.2. The molecule has 0 amide bonds. The predicted octanol–water partition coefficient (Wildman–Crippen LogP) is 2.12. The average Bonchev–Trinajstić information content (AvgIpc) is 1.82. The van der Waals surface area contributed by atoms with E-state index in [1.165, 1.54) is 0 Å². The van der Waals surface area contributed by atoms with Crippen LogP contribution in [0.4, 0.5) is 0 Å². The van der Waals surface area contributed by atoms with Gasteiger partial charge in [-0.3, -0.25) is 0 Å². The van der Waals surface area contributed by atoms with Crippen molar-refractivity contribution in [1.29, 1.82) is 0 Å². The Hall–Kier alpha value is 0.140. The van der Waals surface area contributed by atoms with Crippen molar-refractivity contribution in [3.05, 3.63) is 0 Å². The van der Waals surface area contributed by atoms with Gasteiger partial charge in [0.05, 0.1) is 6.10 Å². The Labute approximate surface area is 83.9 Å². The van der Waals surface area contributed by atoms with Gasteiger partial charge in [0.2, 0.25) is 0 Å². The number of ether oxygens (including phenoxy) is 1. The van der Waals surface area contributed by atoms with Crippen LogP contribution < -0.4 is 0 Å². The molecule has 0 aromatic carbocycles. The molecule has 0 aromatic rings. The first-order valence-corrected chi connectivity index (χ1v) is 4.75. The second-order valence-electron chi connectivity index (χ2n) is 3.60. The molecule has 0 saturated carbocycles. The highest BCUT2D eigenvalue weighted by Crippen LogP contribution is 2.10. The number of hydrogen-bond donors (Lipinski definition) is 1. The van der Waals surface area contributed by atoms with Crippen molar-refractivity contribution >= 4 is 28.9 Å². The van der Waals surface area contributed by atoms with E-state index in [4.69, 9.17) is 33.7 Å². The summed E-state index contributed by atoms with van der Waals surface area (Å²) < 4.78 is 5.32. The highest BCUT2D eigenvalue weighted by Gasteiger charge is 2.15. The van der Waals surface area contributed by atoms with Crippen molar-refractivity contribution in [2.75, 3.05) is 5.88 Å². The summed E-state index contributed by atoms with van der Waals surface area (Å²) in [6.07, 6.45) is -0.266. The van der Waals surface area contributed by atoms with Crippen LogP contribution in [0.3, 0.4) is 0 Å². The van der Waals surface area contributed by atoms with Crippen LogP contribution in [-0.4, -0.2) is 27.7 Å². The highest BCUT2D eigenvalue weighted by molar-refractivity contribution is 7.80. The zero-order chi connectivity index (χ0) is 9.78. The van der Waals surface area contributed by atoms with Crippen molar-refractivity contribution in [2.24, 2.45) is 0 Å². The molecule has 12 heavy (non-hydrogen) atoms. The average molecular weight is 211 g/mol. The van der Waals surface area contributed by atoms with Crippen LogP contribution in [0.25, 0.3) is 0 Å². The third kappa shape index (κ3) is 6.83. The van der Waals surface area contributed by atoms with Gasteiger partial charge in [0.25, 0.3) is 0 Å². The van der Waals surface area contributed by atoms with E-state index in [9.17, 15) is 0 Å². The summed E-state index contributed by atoms with van der Waals surface area (Å²) in [7, 11) is 0. The molecular formula is C8H15ClO2S. The lowest BCUT2D eigenvalue weighted by Crippen LogP contribution is -2.25. The van der Waals surface area contributed by atoms with E-state index in [1.54, 1.807) is 0 Å². The van der Waals surface area contributed by atoms with Gasteiger partial charge in [-0.05, 0) is 33.0 Å². The molecule has 0 radical (unpaired) electrons. The number of halogens is 1. The Kier molecular flexibility index (Phi) is 5.06. The van der Waals surface area contributed by atoms with E-state index < -0.39 is 6.10 Å². The molecule has 4 heteroatoms. The van der Waals surface area contributed by atoms with Gasteiger partial charge in [-0.25, -0.2) is 0 Å². The van der Waals surface area contributed by atoms with Gasteiger partial charge in [-0.15, -0.1) is 11.6 Å². The topological polar surface area (TPSA) is 29.5 Å². The Morgan fingerprint density at radius 1 is 1.58 bits per heavy atom. The Balaban J connectivity index is 3.75. The minimum atomic E-state index is -0.596. The van der Waals surface area contributed by atoms with Gasteiger partial charge < -0.3 is 9.84 Å². The molecule has 0 aromatic heterocycles. The number of hydrogen-bond acceptors (Lipinski definition) is 3. The van der Waals surface area contributed by atoms with Crippen LogP contribution in [-0.2, 0) is 4.74 Å². The fourth-order valence-electron chi connectivity index (χ4n) is 0.630. The first kappa shape index (κ1) is 12.1. The standard InChI is InChI=1S/C8H15ClO2S/c1-8(2,3)11-7(12)4-6(10)5-9/h6,10H,4-5H2,1-3H3. The summed E-state index contributed by atoms with van der Waals surface area (Å²) in [6.45, 7) is 5.73. The Bertz CT molecular complexity index is 154. The highest BCUT2D eigenvalue weighted by atomic mass is 35.5. The Morgan fingerprint density at radius 3 is 2.42 bits per heavy atom. The largest absolute Gasteiger partial charge is 0.482 e. The first-order valence-electron chi connectivity index (χ1n) is 3.81. The third-order valence-corrected chi connectivity index (χ3v) is 1.61. The lowest BCUT2D eigenvalue weighted by Gasteiger charge is -2.22. The summed E-state index contributed by atoms with van der Waals surface area (Å²) in [5.74, 6) is 0.188. The molecule has 72 valence electrons. The molecule has 0 heterocycles. The van der Waals surface area contributed by atoms with E-state index in [0.717, 1.165) is 0 Å². The molecule has 0 rings (SSSR count). The fraction of sp³-hybridized carbons (Fsp3) is 0.875. The van der Waals surface area contributed by atoms with Gasteiger partial charge in [-0.1, -0.05) is 0 Å². The van der Waals surface area contributed by atoms with Crippen molar-refractivity contribution in [3.63, 3.8) is 0 Å². The van der Waals surface area contributed by atoms with E-state index in [1.807, 2.05) is 20.8 Å². The van der Waals surface area contributed by atoms with Crippen LogP contribution in [0.1, 0.15) is 27.2 Å². The summed E-state index contributed by atoms with van der Waals surface area (Å²) in [5, 5.41) is 9.54. The summed E-state index contributed by atoms with van der Waals surface area (Å²) in [6, 6.07) is 0. The summed E-state index contributed by atoms with van der Waals surface area (Å²) >= 11 is 10.3. The second kappa shape index (κ2) is 5.00. The molecule has 1 atom stereocenters. The normalized spacial score (nSPS) is 14.1. The molecular weight excluding hydrogens is 196 g/mol. The van der Waals surface area contributed by atoms with Crippen LogP contribution in [0.2, 0.25) is 0 Å². The second-order valence-corrected chi connectivity index (χ2v) is 4.36. The lowest BCUT2D eigenvalue weighted by molar-refractivity contribution is 0.108. The number of aliphatic hydroxyl groups excluding tert-OH is 1. The van der Waals surface area contributed by atoms with Crippen LogP contribution >= 0.6 is 23.8 Å². The molecule has 1 N–H and O–H groups in total. The van der Waals surface area contributed by atoms with Crippen molar-refractivity contribution in [2.45, 2.75) is 38.9 Å². The predicted molar refractivity (Wildman–Crippen MR) is 54.8 cm³/mol. The number of aliphatic hydroxyl groups is 1. The Morgan fingerprint density at radius 2 is 2.08 bits per heavy atom. The van der Waals surface area contributed by atoms with Gasteiger partial charge >= 0.3 is 0 Å². The molecule has 0 bridgehead atoms. The molecule has 0 spiro atoms. The van der Waals surface area contributed by atoms with E-state index >= 15 is 0 Å². The van der Waals surface area contributed by atoms with Crippen LogP contribution in [0.15, 0.2) is 0 Å². The minimum Gasteiger partial charge on any atom is -0.482 e. The molecule has 0 aliphatic heterocycles. The quantitative estimate of drug-likeness (QED) is 0.572. The SMILES string of the molecule is CC(C)(C)OC(=S)CC(O)CCl. The maximum absolute atomic E-state index is 9.13. The first-order chi connectivity index (χ1) is 5.35. The maximum Gasteiger partial charge on any atom is 0.163 e. The minimum absolute atomic E-state index is 0.188. The number of alkyl halides is 1. The zero-order valence-electron chi connectivity index (χ0n) is 7.63. The third-order valence-electron chi connectivity index (χ3n) is 1.00. The molecule has 2 nitrogen and oxygen atoms in total. The maximum atomic E-state index is 9.13. The van der Waals surface area contributed by atoms with Crippen LogP contribution in [0.5, 0.6) is 0 Å². The van der Waals surface area contributed by atoms with Gasteiger partial charge in [0.15, 0.2) is 5.05 Å². The molecule has 0 aliphatic rings. The van der Waals surface area contributed by atoms with Crippen molar-refractivity contribution in [3.8, 4) is 0 Å². The number of thiocarbonyl (C=S) groups is 1. The summed E-state index contributed by atoms with van der Waals surface area (Å²) in [4.78, 5) is 0. The van der Waals surface area contributed by atoms with E-state index in [0.29, 0.717) is 11.5 Å². The van der Waals surface area contributed by atoms with Crippen molar-refractivity contribution < 1.29 is 9.84 Å². The number of rotatable bonds is 3. The monoisotopic (exact) mass is 210 g/mol. The fourth-order valence-corrected chi connectivity index (χ4v) is 1.18. The molecule has 0 fully saturated rings.